The number of halogens is 1. The largest absolute Gasteiger partial charge is 0.305 e. The number of nitrogens with zero attached hydrogens (tertiary/aromatic N) is 2. The SMILES string of the molecule is C#CCn1c(=NC(=O)CCCS(=O)(=O)c2ccc(Cl)cc2)sc2cc(S(C)(=O)=O)ccc21. The lowest BCUT2D eigenvalue weighted by Crippen LogP contribution is -2.17. The third kappa shape index (κ3) is 5.66. The number of benzene rings is 2. The molecule has 0 spiro atoms. The highest BCUT2D eigenvalue weighted by Crippen LogP contribution is 2.22. The van der Waals surface area contributed by atoms with Gasteiger partial charge in [0.15, 0.2) is 24.5 Å². The quantitative estimate of drug-likeness (QED) is 0.454. The number of terminal acetylenes is 1. The van der Waals surface area contributed by atoms with Crippen LogP contribution in [0.15, 0.2) is 57.2 Å². The Morgan fingerprint density at radius 3 is 2.41 bits per heavy atom. The Balaban J connectivity index is 1.81. The smallest absolute Gasteiger partial charge is 0.248 e. The van der Waals surface area contributed by atoms with Gasteiger partial charge in [-0.3, -0.25) is 4.79 Å². The highest BCUT2D eigenvalue weighted by molar-refractivity contribution is 7.91. The van der Waals surface area contributed by atoms with E-state index in [9.17, 15) is 21.6 Å². The molecular weight excluding hydrogens is 492 g/mol. The fourth-order valence-electron chi connectivity index (χ4n) is 2.95. The van der Waals surface area contributed by atoms with Gasteiger partial charge < -0.3 is 4.57 Å². The zero-order valence-electron chi connectivity index (χ0n) is 17.0. The summed E-state index contributed by atoms with van der Waals surface area (Å²) < 4.78 is 50.7. The summed E-state index contributed by atoms with van der Waals surface area (Å²) in [4.78, 5) is 17.1. The Morgan fingerprint density at radius 1 is 1.12 bits per heavy atom. The lowest BCUT2D eigenvalue weighted by Gasteiger charge is -2.03. The molecule has 168 valence electrons. The fraction of sp³-hybridized carbons (Fsp3) is 0.238. The molecule has 32 heavy (non-hydrogen) atoms. The van der Waals surface area contributed by atoms with E-state index in [0.717, 1.165) is 17.6 Å². The van der Waals surface area contributed by atoms with E-state index >= 15 is 0 Å². The first-order valence-electron chi connectivity index (χ1n) is 9.34. The van der Waals surface area contributed by atoms with E-state index in [-0.39, 0.29) is 34.9 Å². The number of rotatable bonds is 7. The van der Waals surface area contributed by atoms with Gasteiger partial charge in [-0.1, -0.05) is 28.9 Å². The molecule has 1 amide bonds. The average Bonchev–Trinajstić information content (AvgIpc) is 3.04. The summed E-state index contributed by atoms with van der Waals surface area (Å²) >= 11 is 6.93. The minimum absolute atomic E-state index is 0.0638. The number of amides is 1. The molecule has 2 aromatic carbocycles. The number of hydrogen-bond acceptors (Lipinski definition) is 6. The van der Waals surface area contributed by atoms with Crippen LogP contribution in [0.5, 0.6) is 0 Å². The molecule has 0 atom stereocenters. The zero-order chi connectivity index (χ0) is 23.5. The number of carbonyl (C=O) groups is 1. The van der Waals surface area contributed by atoms with E-state index in [0.29, 0.717) is 20.0 Å². The van der Waals surface area contributed by atoms with Crippen molar-refractivity contribution in [2.45, 2.75) is 29.2 Å². The molecule has 0 aliphatic carbocycles. The lowest BCUT2D eigenvalue weighted by atomic mass is 10.3. The summed E-state index contributed by atoms with van der Waals surface area (Å²) in [5.41, 5.74) is 0.664. The second kappa shape index (κ2) is 9.58. The standard InChI is InChI=1S/C21H19ClN2O5S3/c1-3-12-24-18-11-10-17(31(2,26)27)14-19(18)30-21(24)23-20(25)5-4-13-32(28,29)16-8-6-15(22)7-9-16/h1,6-11,14H,4-5,12-13H2,2H3. The maximum Gasteiger partial charge on any atom is 0.248 e. The van der Waals surface area contributed by atoms with Gasteiger partial charge in [0, 0.05) is 17.7 Å². The van der Waals surface area contributed by atoms with Gasteiger partial charge in [-0.15, -0.1) is 6.42 Å². The molecule has 0 bridgehead atoms. The zero-order valence-corrected chi connectivity index (χ0v) is 20.2. The molecule has 0 radical (unpaired) electrons. The highest BCUT2D eigenvalue weighted by atomic mass is 35.5. The van der Waals surface area contributed by atoms with Gasteiger partial charge in [0.1, 0.15) is 0 Å². The topological polar surface area (TPSA) is 103 Å². The van der Waals surface area contributed by atoms with Crippen molar-refractivity contribution >= 4 is 58.7 Å². The van der Waals surface area contributed by atoms with E-state index in [4.69, 9.17) is 18.0 Å². The van der Waals surface area contributed by atoms with Crippen LogP contribution in [0.3, 0.4) is 0 Å². The Labute approximate surface area is 195 Å². The van der Waals surface area contributed by atoms with Crippen LogP contribution in [0, 0.1) is 12.3 Å². The molecule has 0 unspecified atom stereocenters. The van der Waals surface area contributed by atoms with E-state index in [2.05, 4.69) is 10.9 Å². The van der Waals surface area contributed by atoms with Gasteiger partial charge in [-0.2, -0.15) is 4.99 Å². The molecule has 0 fully saturated rings. The van der Waals surface area contributed by atoms with Gasteiger partial charge in [0.05, 0.1) is 32.3 Å². The van der Waals surface area contributed by atoms with Crippen LogP contribution >= 0.6 is 22.9 Å². The van der Waals surface area contributed by atoms with Gasteiger partial charge in [0.2, 0.25) is 5.91 Å². The van der Waals surface area contributed by atoms with Crippen LogP contribution in [0.4, 0.5) is 0 Å². The van der Waals surface area contributed by atoms with Crippen LogP contribution in [0.2, 0.25) is 5.02 Å². The van der Waals surface area contributed by atoms with Crippen molar-refractivity contribution in [2.24, 2.45) is 4.99 Å². The normalized spacial score (nSPS) is 12.7. The van der Waals surface area contributed by atoms with Crippen LogP contribution in [0.1, 0.15) is 12.8 Å². The van der Waals surface area contributed by atoms with E-state index in [1.54, 1.807) is 10.6 Å². The Kier molecular flexibility index (Phi) is 7.25. The molecule has 7 nitrogen and oxygen atoms in total. The van der Waals surface area contributed by atoms with Crippen molar-refractivity contribution < 1.29 is 21.6 Å². The van der Waals surface area contributed by atoms with Crippen LogP contribution < -0.4 is 4.80 Å². The van der Waals surface area contributed by atoms with Gasteiger partial charge in [-0.25, -0.2) is 16.8 Å². The monoisotopic (exact) mass is 510 g/mol. The molecule has 3 rings (SSSR count). The first-order valence-corrected chi connectivity index (χ1v) is 14.1. The summed E-state index contributed by atoms with van der Waals surface area (Å²) in [5.74, 6) is 1.80. The lowest BCUT2D eigenvalue weighted by molar-refractivity contribution is -0.118. The predicted molar refractivity (Wildman–Crippen MR) is 125 cm³/mol. The maximum absolute atomic E-state index is 12.4. The van der Waals surface area contributed by atoms with Crippen LogP contribution in [-0.4, -0.2) is 39.3 Å². The summed E-state index contributed by atoms with van der Waals surface area (Å²) in [6, 6.07) is 10.5. The van der Waals surface area contributed by atoms with Crippen molar-refractivity contribution in [2.75, 3.05) is 12.0 Å². The summed E-state index contributed by atoms with van der Waals surface area (Å²) in [7, 11) is -6.93. The Morgan fingerprint density at radius 2 is 1.78 bits per heavy atom. The molecule has 0 saturated carbocycles. The third-order valence-electron chi connectivity index (χ3n) is 4.53. The number of fused-ring (bicyclic) bond motifs is 1. The Bertz CT molecular complexity index is 1490. The maximum atomic E-state index is 12.4. The molecule has 0 aliphatic heterocycles. The average molecular weight is 511 g/mol. The van der Waals surface area contributed by atoms with E-state index < -0.39 is 25.6 Å². The van der Waals surface area contributed by atoms with Crippen LogP contribution in [-0.2, 0) is 31.0 Å². The predicted octanol–water partition coefficient (Wildman–Crippen LogP) is 3.07. The third-order valence-corrected chi connectivity index (χ3v) is 8.75. The number of carbonyl (C=O) groups excluding carboxylic acids is 1. The van der Waals surface area contributed by atoms with E-state index in [1.165, 1.54) is 36.4 Å². The molecule has 1 aromatic heterocycles. The van der Waals surface area contributed by atoms with Gasteiger partial charge >= 0.3 is 0 Å². The van der Waals surface area contributed by atoms with Crippen molar-refractivity contribution in [3.05, 3.63) is 52.3 Å². The number of thiazole rings is 1. The summed E-state index contributed by atoms with van der Waals surface area (Å²) in [5, 5.41) is 0.435. The summed E-state index contributed by atoms with van der Waals surface area (Å²) in [6.07, 6.45) is 6.59. The second-order valence-electron chi connectivity index (χ2n) is 6.96. The van der Waals surface area contributed by atoms with Crippen molar-refractivity contribution in [1.82, 2.24) is 4.57 Å². The molecule has 11 heteroatoms. The van der Waals surface area contributed by atoms with Crippen molar-refractivity contribution in [3.63, 3.8) is 0 Å². The second-order valence-corrected chi connectivity index (χ2v) is 12.5. The molecule has 0 aliphatic rings. The first-order chi connectivity index (χ1) is 15.0. The summed E-state index contributed by atoms with van der Waals surface area (Å²) in [6.45, 7) is 0.148. The number of aromatic nitrogens is 1. The number of sulfone groups is 2. The minimum atomic E-state index is -3.54. The minimum Gasteiger partial charge on any atom is -0.305 e. The number of hydrogen-bond donors (Lipinski definition) is 0. The molecule has 3 aromatic rings. The first kappa shape index (κ1) is 24.2. The fourth-order valence-corrected chi connectivity index (χ4v) is 6.19. The molecule has 0 saturated heterocycles. The van der Waals surface area contributed by atoms with Crippen molar-refractivity contribution in [1.29, 1.82) is 0 Å². The molecule has 0 N–H and O–H groups in total. The Hall–Kier alpha value is -2.45. The van der Waals surface area contributed by atoms with Gasteiger partial charge in [-0.05, 0) is 48.9 Å². The van der Waals surface area contributed by atoms with E-state index in [1.807, 2.05) is 0 Å². The molecular formula is C21H19ClN2O5S3. The van der Waals surface area contributed by atoms with Gasteiger partial charge in [0.25, 0.3) is 0 Å². The van der Waals surface area contributed by atoms with Crippen molar-refractivity contribution in [3.8, 4) is 12.3 Å². The van der Waals surface area contributed by atoms with Crippen LogP contribution in [0.25, 0.3) is 10.2 Å². The highest BCUT2D eigenvalue weighted by Gasteiger charge is 2.16. The molecule has 1 heterocycles.